The number of fused-ring (bicyclic) bond motifs is 1. The largest absolute Gasteiger partial charge is 0.380 e. The maximum Gasteiger partial charge on any atom is 0.162 e. The molecule has 0 spiro atoms. The molecule has 2 heterocycles. The SMILES string of the molecule is CN=S(N)(=O)c1ccc(CNc2ccnc3c2c(Cl)nn3CC#N)cc1. The van der Waals surface area contributed by atoms with Crippen molar-refractivity contribution in [1.29, 1.82) is 5.26 Å². The Morgan fingerprint density at radius 3 is 2.77 bits per heavy atom. The van der Waals surface area contributed by atoms with Crippen molar-refractivity contribution in [3.05, 3.63) is 47.2 Å². The summed E-state index contributed by atoms with van der Waals surface area (Å²) in [5, 5.41) is 22.9. The van der Waals surface area contributed by atoms with E-state index in [0.29, 0.717) is 22.5 Å². The average molecular weight is 390 g/mol. The number of aromatic nitrogens is 3. The standard InChI is InChI=1S/C16H16ClN7OS/c1-20-26(19,25)12-4-2-11(3-5-12)10-22-13-6-8-21-16-14(13)15(17)23-24(16)9-7-18/h2-6,8H,9-10H2,1H3,(H,21,22)(H2,19,20,25). The van der Waals surface area contributed by atoms with Crippen molar-refractivity contribution in [2.45, 2.75) is 18.0 Å². The minimum atomic E-state index is -2.83. The molecule has 0 aliphatic carbocycles. The quantitative estimate of drug-likeness (QED) is 0.694. The van der Waals surface area contributed by atoms with E-state index in [2.05, 4.69) is 19.8 Å². The van der Waals surface area contributed by atoms with Gasteiger partial charge in [-0.05, 0) is 23.8 Å². The van der Waals surface area contributed by atoms with Crippen molar-refractivity contribution in [3.8, 4) is 6.07 Å². The summed E-state index contributed by atoms with van der Waals surface area (Å²) in [4.78, 5) is 4.74. The van der Waals surface area contributed by atoms with E-state index in [0.717, 1.165) is 11.3 Å². The summed E-state index contributed by atoms with van der Waals surface area (Å²) in [7, 11) is -1.39. The fourth-order valence-corrected chi connectivity index (χ4v) is 3.50. The number of benzene rings is 1. The summed E-state index contributed by atoms with van der Waals surface area (Å²) in [6.45, 7) is 0.580. The van der Waals surface area contributed by atoms with Gasteiger partial charge in [0.2, 0.25) is 0 Å². The number of nitrogens with one attached hydrogen (secondary N) is 1. The van der Waals surface area contributed by atoms with Crippen molar-refractivity contribution in [1.82, 2.24) is 14.8 Å². The molecule has 3 N–H and O–H groups in total. The number of hydrogen-bond donors (Lipinski definition) is 2. The van der Waals surface area contributed by atoms with Crippen LogP contribution in [0.15, 0.2) is 45.8 Å². The Labute approximate surface area is 155 Å². The predicted octanol–water partition coefficient (Wildman–Crippen LogP) is 2.55. The van der Waals surface area contributed by atoms with Crippen LogP contribution in [0.2, 0.25) is 5.15 Å². The summed E-state index contributed by atoms with van der Waals surface area (Å²) >= 11 is 6.21. The molecule has 134 valence electrons. The zero-order valence-electron chi connectivity index (χ0n) is 13.9. The number of rotatable bonds is 5. The van der Waals surface area contributed by atoms with Crippen molar-refractivity contribution >= 4 is 38.2 Å². The van der Waals surface area contributed by atoms with E-state index in [-0.39, 0.29) is 11.7 Å². The lowest BCUT2D eigenvalue weighted by Gasteiger charge is -2.09. The molecule has 1 unspecified atom stereocenters. The van der Waals surface area contributed by atoms with E-state index >= 15 is 0 Å². The van der Waals surface area contributed by atoms with Gasteiger partial charge in [0.15, 0.2) is 10.8 Å². The van der Waals surface area contributed by atoms with Gasteiger partial charge >= 0.3 is 0 Å². The van der Waals surface area contributed by atoms with Crippen LogP contribution in [0.4, 0.5) is 5.69 Å². The summed E-state index contributed by atoms with van der Waals surface area (Å²) in [5.74, 6) is 0. The monoisotopic (exact) mass is 389 g/mol. The molecule has 10 heteroatoms. The highest BCUT2D eigenvalue weighted by Gasteiger charge is 2.14. The van der Waals surface area contributed by atoms with Gasteiger partial charge in [-0.25, -0.2) is 23.4 Å². The van der Waals surface area contributed by atoms with Crippen molar-refractivity contribution in [2.75, 3.05) is 12.4 Å². The Hall–Kier alpha value is -2.67. The van der Waals surface area contributed by atoms with Crippen molar-refractivity contribution < 1.29 is 4.21 Å². The van der Waals surface area contributed by atoms with Gasteiger partial charge in [-0.1, -0.05) is 23.7 Å². The van der Waals surface area contributed by atoms with E-state index in [1.54, 1.807) is 24.4 Å². The molecule has 0 amide bonds. The Kier molecular flexibility index (Phi) is 5.08. The summed E-state index contributed by atoms with van der Waals surface area (Å²) in [6, 6.07) is 10.9. The van der Waals surface area contributed by atoms with E-state index in [9.17, 15) is 4.21 Å². The summed E-state index contributed by atoms with van der Waals surface area (Å²) in [6.07, 6.45) is 1.63. The summed E-state index contributed by atoms with van der Waals surface area (Å²) in [5.41, 5.74) is 2.27. The van der Waals surface area contributed by atoms with Gasteiger partial charge in [0, 0.05) is 19.8 Å². The smallest absolute Gasteiger partial charge is 0.162 e. The van der Waals surface area contributed by atoms with Gasteiger partial charge in [-0.2, -0.15) is 10.4 Å². The number of pyridine rings is 1. The van der Waals surface area contributed by atoms with Crippen molar-refractivity contribution in [3.63, 3.8) is 0 Å². The number of halogens is 1. The van der Waals surface area contributed by atoms with Crippen molar-refractivity contribution in [2.24, 2.45) is 9.50 Å². The lowest BCUT2D eigenvalue weighted by molar-refractivity contribution is 0.677. The Morgan fingerprint density at radius 1 is 1.38 bits per heavy atom. The molecule has 0 saturated carbocycles. The van der Waals surface area contributed by atoms with Crippen LogP contribution in [0.3, 0.4) is 0 Å². The molecule has 0 bridgehead atoms. The highest BCUT2D eigenvalue weighted by Crippen LogP contribution is 2.29. The highest BCUT2D eigenvalue weighted by molar-refractivity contribution is 7.91. The maximum absolute atomic E-state index is 12.0. The minimum Gasteiger partial charge on any atom is -0.380 e. The van der Waals surface area contributed by atoms with Gasteiger partial charge < -0.3 is 5.32 Å². The molecule has 1 aromatic carbocycles. The Bertz CT molecular complexity index is 1110. The second-order valence-corrected chi connectivity index (χ2v) is 7.74. The Balaban J connectivity index is 1.84. The first-order chi connectivity index (χ1) is 12.5. The van der Waals surface area contributed by atoms with Crippen LogP contribution < -0.4 is 10.5 Å². The minimum absolute atomic E-state index is 0.0714. The second kappa shape index (κ2) is 7.29. The third kappa shape index (κ3) is 3.48. The third-order valence-electron chi connectivity index (χ3n) is 3.83. The van der Waals surface area contributed by atoms with Gasteiger partial charge in [0.1, 0.15) is 16.5 Å². The van der Waals surface area contributed by atoms with Gasteiger partial charge in [-0.3, -0.25) is 0 Å². The molecule has 26 heavy (non-hydrogen) atoms. The molecule has 0 aliphatic heterocycles. The molecular weight excluding hydrogens is 374 g/mol. The number of nitrogens with zero attached hydrogens (tertiary/aromatic N) is 5. The molecular formula is C16H16ClN7OS. The van der Waals surface area contributed by atoms with Gasteiger partial charge in [0.25, 0.3) is 0 Å². The lowest BCUT2D eigenvalue weighted by Crippen LogP contribution is -2.12. The first-order valence-corrected chi connectivity index (χ1v) is 9.55. The third-order valence-corrected chi connectivity index (χ3v) is 5.58. The normalized spacial score (nSPS) is 13.2. The number of nitriles is 1. The van der Waals surface area contributed by atoms with Crippen LogP contribution in [-0.4, -0.2) is 26.0 Å². The average Bonchev–Trinajstić information content (AvgIpc) is 2.97. The fraction of sp³-hybridized carbons (Fsp3) is 0.188. The molecule has 3 rings (SSSR count). The highest BCUT2D eigenvalue weighted by atomic mass is 35.5. The Morgan fingerprint density at radius 2 is 2.12 bits per heavy atom. The van der Waals surface area contributed by atoms with Gasteiger partial charge in [0.05, 0.1) is 22.0 Å². The van der Waals surface area contributed by atoms with E-state index in [4.69, 9.17) is 22.0 Å². The van der Waals surface area contributed by atoms with Crippen LogP contribution >= 0.6 is 11.6 Å². The van der Waals surface area contributed by atoms with Crippen LogP contribution in [0, 0.1) is 11.3 Å². The maximum atomic E-state index is 12.0. The van der Waals surface area contributed by atoms with Crippen LogP contribution in [0.1, 0.15) is 5.56 Å². The fourth-order valence-electron chi connectivity index (χ4n) is 2.48. The molecule has 8 nitrogen and oxygen atoms in total. The molecule has 0 aliphatic rings. The lowest BCUT2D eigenvalue weighted by atomic mass is 10.2. The molecule has 2 aromatic heterocycles. The number of anilines is 1. The van der Waals surface area contributed by atoms with Crippen LogP contribution in [-0.2, 0) is 23.0 Å². The molecule has 1 atom stereocenters. The van der Waals surface area contributed by atoms with E-state index < -0.39 is 9.92 Å². The first-order valence-electron chi connectivity index (χ1n) is 7.60. The number of hydrogen-bond acceptors (Lipinski definition) is 6. The zero-order chi connectivity index (χ0) is 18.7. The van der Waals surface area contributed by atoms with E-state index in [1.165, 1.54) is 11.7 Å². The molecule has 0 radical (unpaired) electrons. The molecule has 3 aromatic rings. The molecule has 0 fully saturated rings. The predicted molar refractivity (Wildman–Crippen MR) is 101 cm³/mol. The second-order valence-electron chi connectivity index (χ2n) is 5.41. The van der Waals surface area contributed by atoms with Crippen LogP contribution in [0.25, 0.3) is 11.0 Å². The molecule has 0 saturated heterocycles. The van der Waals surface area contributed by atoms with Gasteiger partial charge in [-0.15, -0.1) is 0 Å². The van der Waals surface area contributed by atoms with E-state index in [1.807, 2.05) is 18.2 Å². The number of nitrogens with two attached hydrogens (primary N) is 1. The topological polar surface area (TPSA) is 122 Å². The summed E-state index contributed by atoms with van der Waals surface area (Å²) < 4.78 is 17.2. The van der Waals surface area contributed by atoms with Crippen LogP contribution in [0.5, 0.6) is 0 Å². The first kappa shape index (κ1) is 18.1. The zero-order valence-corrected chi connectivity index (χ0v) is 15.5.